The maximum atomic E-state index is 6.31. The third-order valence-corrected chi connectivity index (χ3v) is 5.19. The minimum absolute atomic E-state index is 0.363. The monoisotopic (exact) mass is 224 g/mol. The number of rotatable bonds is 2. The van der Waals surface area contributed by atoms with Gasteiger partial charge < -0.3 is 5.73 Å². The molecule has 0 radical (unpaired) electrons. The van der Waals surface area contributed by atoms with Gasteiger partial charge in [-0.05, 0) is 57.9 Å². The zero-order valence-corrected chi connectivity index (χ0v) is 11.2. The summed E-state index contributed by atoms with van der Waals surface area (Å²) in [4.78, 5) is 2.68. The van der Waals surface area contributed by atoms with Crippen LogP contribution in [0.5, 0.6) is 0 Å². The first-order valence-electron chi connectivity index (χ1n) is 7.05. The third-order valence-electron chi connectivity index (χ3n) is 5.19. The number of likely N-dealkylation sites (tertiary alicyclic amines) is 1. The molecule has 0 bridgehead atoms. The first kappa shape index (κ1) is 12.4. The summed E-state index contributed by atoms with van der Waals surface area (Å²) in [6.45, 7) is 9.58. The van der Waals surface area contributed by atoms with Crippen LogP contribution in [0.25, 0.3) is 0 Å². The van der Waals surface area contributed by atoms with Crippen LogP contribution in [0.3, 0.4) is 0 Å². The van der Waals surface area contributed by atoms with Crippen molar-refractivity contribution in [2.24, 2.45) is 17.6 Å². The smallest absolute Gasteiger partial charge is 0.0150 e. The van der Waals surface area contributed by atoms with E-state index in [0.717, 1.165) is 11.8 Å². The van der Waals surface area contributed by atoms with Crippen LogP contribution in [0, 0.1) is 11.8 Å². The number of nitrogens with zero attached hydrogens (tertiary/aromatic N) is 1. The minimum Gasteiger partial charge on any atom is -0.327 e. The molecule has 1 aliphatic carbocycles. The van der Waals surface area contributed by atoms with E-state index in [0.29, 0.717) is 11.6 Å². The van der Waals surface area contributed by atoms with Gasteiger partial charge in [0.2, 0.25) is 0 Å². The van der Waals surface area contributed by atoms with Crippen molar-refractivity contribution in [1.29, 1.82) is 0 Å². The van der Waals surface area contributed by atoms with Crippen LogP contribution in [0.1, 0.15) is 52.9 Å². The van der Waals surface area contributed by atoms with E-state index in [1.54, 1.807) is 0 Å². The predicted molar refractivity (Wildman–Crippen MR) is 69.4 cm³/mol. The molecular formula is C14H28N2. The molecule has 3 unspecified atom stereocenters. The van der Waals surface area contributed by atoms with Gasteiger partial charge in [-0.3, -0.25) is 4.90 Å². The van der Waals surface area contributed by atoms with E-state index in [9.17, 15) is 0 Å². The lowest BCUT2D eigenvalue weighted by atomic mass is 9.71. The summed E-state index contributed by atoms with van der Waals surface area (Å²) < 4.78 is 0. The van der Waals surface area contributed by atoms with Crippen molar-refractivity contribution in [1.82, 2.24) is 4.90 Å². The molecule has 94 valence electrons. The zero-order chi connectivity index (χ0) is 11.8. The maximum absolute atomic E-state index is 6.31. The van der Waals surface area contributed by atoms with Gasteiger partial charge in [-0.1, -0.05) is 13.3 Å². The van der Waals surface area contributed by atoms with Crippen LogP contribution >= 0.6 is 0 Å². The molecule has 2 fully saturated rings. The van der Waals surface area contributed by atoms with Gasteiger partial charge in [-0.15, -0.1) is 0 Å². The molecule has 0 aromatic heterocycles. The van der Waals surface area contributed by atoms with E-state index in [4.69, 9.17) is 5.73 Å². The van der Waals surface area contributed by atoms with E-state index in [1.807, 2.05) is 0 Å². The highest BCUT2D eigenvalue weighted by Gasteiger charge is 2.39. The highest BCUT2D eigenvalue weighted by Crippen LogP contribution is 2.38. The zero-order valence-electron chi connectivity index (χ0n) is 11.2. The van der Waals surface area contributed by atoms with E-state index in [2.05, 4.69) is 25.7 Å². The summed E-state index contributed by atoms with van der Waals surface area (Å²) in [7, 11) is 0. The van der Waals surface area contributed by atoms with Gasteiger partial charge in [0.1, 0.15) is 0 Å². The van der Waals surface area contributed by atoms with Gasteiger partial charge in [0.25, 0.3) is 0 Å². The van der Waals surface area contributed by atoms with E-state index in [-0.39, 0.29) is 0 Å². The molecule has 3 atom stereocenters. The highest BCUT2D eigenvalue weighted by atomic mass is 15.2. The second kappa shape index (κ2) is 4.66. The number of hydrogen-bond acceptors (Lipinski definition) is 2. The summed E-state index contributed by atoms with van der Waals surface area (Å²) in [5.41, 5.74) is 6.67. The van der Waals surface area contributed by atoms with Gasteiger partial charge in [0.15, 0.2) is 0 Å². The largest absolute Gasteiger partial charge is 0.327 e. The molecule has 2 rings (SSSR count). The summed E-state index contributed by atoms with van der Waals surface area (Å²) >= 11 is 0. The van der Waals surface area contributed by atoms with Gasteiger partial charge in [0.05, 0.1) is 0 Å². The molecule has 0 aromatic rings. The van der Waals surface area contributed by atoms with Crippen LogP contribution in [-0.4, -0.2) is 29.6 Å². The molecule has 2 N–H and O–H groups in total. The molecule has 1 saturated heterocycles. The van der Waals surface area contributed by atoms with Gasteiger partial charge in [0, 0.05) is 18.1 Å². The summed E-state index contributed by atoms with van der Waals surface area (Å²) in [5, 5.41) is 0. The first-order valence-corrected chi connectivity index (χ1v) is 7.05. The fourth-order valence-electron chi connectivity index (χ4n) is 3.48. The van der Waals surface area contributed by atoms with Crippen LogP contribution in [-0.2, 0) is 0 Å². The van der Waals surface area contributed by atoms with Crippen LogP contribution in [0.4, 0.5) is 0 Å². The molecule has 0 aromatic carbocycles. The quantitative estimate of drug-likeness (QED) is 0.781. The van der Waals surface area contributed by atoms with Crippen molar-refractivity contribution in [2.45, 2.75) is 64.5 Å². The van der Waals surface area contributed by atoms with Gasteiger partial charge in [-0.25, -0.2) is 0 Å². The second-order valence-corrected chi connectivity index (χ2v) is 6.42. The topological polar surface area (TPSA) is 29.3 Å². The Morgan fingerprint density at radius 2 is 2.00 bits per heavy atom. The fourth-order valence-corrected chi connectivity index (χ4v) is 3.48. The molecule has 0 spiro atoms. The Morgan fingerprint density at radius 3 is 2.69 bits per heavy atom. The number of piperidine rings is 1. The summed E-state index contributed by atoms with van der Waals surface area (Å²) in [5.74, 6) is 1.70. The SMILES string of the molecule is CCC(C)(C)N1CCC2CCCC(N)C2C1. The van der Waals surface area contributed by atoms with Gasteiger partial charge >= 0.3 is 0 Å². The lowest BCUT2D eigenvalue weighted by Crippen LogP contribution is -2.55. The molecule has 0 amide bonds. The summed E-state index contributed by atoms with van der Waals surface area (Å²) in [6.07, 6.45) is 6.65. The molecule has 2 aliphatic rings. The Hall–Kier alpha value is -0.0800. The third kappa shape index (κ3) is 2.28. The molecule has 1 saturated carbocycles. The minimum atomic E-state index is 0.363. The maximum Gasteiger partial charge on any atom is 0.0150 e. The molecule has 1 aliphatic heterocycles. The van der Waals surface area contributed by atoms with E-state index in [1.165, 1.54) is 45.2 Å². The summed E-state index contributed by atoms with van der Waals surface area (Å²) in [6, 6.07) is 0.467. The van der Waals surface area contributed by atoms with Crippen molar-refractivity contribution in [2.75, 3.05) is 13.1 Å². The van der Waals surface area contributed by atoms with Crippen molar-refractivity contribution in [3.63, 3.8) is 0 Å². The van der Waals surface area contributed by atoms with Crippen molar-refractivity contribution in [3.05, 3.63) is 0 Å². The Bertz CT molecular complexity index is 237. The van der Waals surface area contributed by atoms with Gasteiger partial charge in [-0.2, -0.15) is 0 Å². The van der Waals surface area contributed by atoms with Crippen LogP contribution < -0.4 is 5.73 Å². The number of fused-ring (bicyclic) bond motifs is 1. The molecule has 1 heterocycles. The first-order chi connectivity index (χ1) is 7.54. The molecule has 2 nitrogen and oxygen atoms in total. The highest BCUT2D eigenvalue weighted by molar-refractivity contribution is 4.94. The Balaban J connectivity index is 2.02. The van der Waals surface area contributed by atoms with Crippen LogP contribution in [0.15, 0.2) is 0 Å². The number of hydrogen-bond donors (Lipinski definition) is 1. The standard InChI is InChI=1S/C14H28N2/c1-4-14(2,3)16-9-8-11-6-5-7-13(15)12(11)10-16/h11-13H,4-10,15H2,1-3H3. The van der Waals surface area contributed by atoms with Crippen molar-refractivity contribution < 1.29 is 0 Å². The van der Waals surface area contributed by atoms with Crippen LogP contribution in [0.2, 0.25) is 0 Å². The lowest BCUT2D eigenvalue weighted by Gasteiger charge is -2.49. The molecule has 16 heavy (non-hydrogen) atoms. The van der Waals surface area contributed by atoms with Crippen molar-refractivity contribution >= 4 is 0 Å². The van der Waals surface area contributed by atoms with Crippen molar-refractivity contribution in [3.8, 4) is 0 Å². The second-order valence-electron chi connectivity index (χ2n) is 6.42. The Labute approximate surface area is 101 Å². The lowest BCUT2D eigenvalue weighted by molar-refractivity contribution is 0.0107. The van der Waals surface area contributed by atoms with E-state index < -0.39 is 0 Å². The molecule has 2 heteroatoms. The van der Waals surface area contributed by atoms with E-state index >= 15 is 0 Å². The number of nitrogens with two attached hydrogens (primary N) is 1. The Kier molecular flexibility index (Phi) is 3.60. The average molecular weight is 224 g/mol. The average Bonchev–Trinajstić information content (AvgIpc) is 2.29. The molecular weight excluding hydrogens is 196 g/mol. The Morgan fingerprint density at radius 1 is 1.25 bits per heavy atom. The normalized spacial score (nSPS) is 37.1. The fraction of sp³-hybridized carbons (Fsp3) is 1.00. The predicted octanol–water partition coefficient (Wildman–Crippen LogP) is 2.62.